The second kappa shape index (κ2) is 39.3. The Bertz CT molecular complexity index is 1100. The van der Waals surface area contributed by atoms with Crippen molar-refractivity contribution in [2.75, 3.05) is 6.61 Å². The minimum atomic E-state index is -5.08. The Hall–Kier alpha value is -0.920. The number of phosphoric acid groups is 1. The lowest BCUT2D eigenvalue weighted by molar-refractivity contribution is -0.220. The summed E-state index contributed by atoms with van der Waals surface area (Å²) in [5, 5.41) is 64.1. The van der Waals surface area contributed by atoms with Crippen LogP contribution in [0.25, 0.3) is 0 Å². The van der Waals surface area contributed by atoms with Crippen LogP contribution in [0.4, 0.5) is 0 Å². The van der Waals surface area contributed by atoms with E-state index in [0.717, 1.165) is 44.9 Å². The van der Waals surface area contributed by atoms with Gasteiger partial charge in [-0.05, 0) is 19.3 Å². The Kier molecular flexibility index (Phi) is 37.4. The van der Waals surface area contributed by atoms with E-state index in [9.17, 15) is 44.9 Å². The molecule has 62 heavy (non-hydrogen) atoms. The Morgan fingerprint density at radius 2 is 0.855 bits per heavy atom. The van der Waals surface area contributed by atoms with Crippen LogP contribution in [-0.4, -0.2) is 96.8 Å². The quantitative estimate of drug-likeness (QED) is 0.0164. The highest BCUT2D eigenvalue weighted by Gasteiger charge is 2.51. The number of unbranched alkanes of at least 4 members (excludes halogenated alkanes) is 32. The van der Waals surface area contributed by atoms with E-state index in [1.165, 1.54) is 167 Å². The minimum absolute atomic E-state index is 0.219. The van der Waals surface area contributed by atoms with E-state index in [0.29, 0.717) is 6.42 Å². The molecule has 6 unspecified atom stereocenters. The van der Waals surface area contributed by atoms with Crippen molar-refractivity contribution in [2.45, 2.75) is 287 Å². The van der Waals surface area contributed by atoms with Crippen molar-refractivity contribution in [3.05, 3.63) is 12.2 Å². The van der Waals surface area contributed by atoms with Crippen LogP contribution in [0.15, 0.2) is 12.2 Å². The molecule has 1 amide bonds. The van der Waals surface area contributed by atoms with E-state index >= 15 is 0 Å². The summed E-state index contributed by atoms with van der Waals surface area (Å²) in [5.41, 5.74) is 0. The van der Waals surface area contributed by atoms with Gasteiger partial charge in [-0.2, -0.15) is 0 Å². The molecule has 12 nitrogen and oxygen atoms in total. The van der Waals surface area contributed by atoms with Gasteiger partial charge in [-0.3, -0.25) is 13.8 Å². The fraction of sp³-hybridized carbons (Fsp3) is 0.939. The van der Waals surface area contributed by atoms with Gasteiger partial charge in [0.05, 0.1) is 18.8 Å². The van der Waals surface area contributed by atoms with E-state index in [2.05, 4.69) is 19.2 Å². The van der Waals surface area contributed by atoms with Crippen molar-refractivity contribution in [2.24, 2.45) is 0 Å². The van der Waals surface area contributed by atoms with E-state index in [1.54, 1.807) is 6.08 Å². The van der Waals surface area contributed by atoms with Gasteiger partial charge in [0.1, 0.15) is 36.6 Å². The summed E-state index contributed by atoms with van der Waals surface area (Å²) in [4.78, 5) is 23.4. The van der Waals surface area contributed by atoms with E-state index in [1.807, 2.05) is 6.08 Å². The van der Waals surface area contributed by atoms with Crippen molar-refractivity contribution in [1.82, 2.24) is 5.32 Å². The van der Waals surface area contributed by atoms with Gasteiger partial charge in [-0.15, -0.1) is 0 Å². The van der Waals surface area contributed by atoms with Crippen LogP contribution >= 0.6 is 7.82 Å². The van der Waals surface area contributed by atoms with Gasteiger partial charge in [0.2, 0.25) is 5.91 Å². The number of aliphatic hydroxyl groups is 6. The zero-order valence-electron chi connectivity index (χ0n) is 39.4. The molecule has 8 N–H and O–H groups in total. The summed E-state index contributed by atoms with van der Waals surface area (Å²) >= 11 is 0. The minimum Gasteiger partial charge on any atom is -0.387 e. The lowest BCUT2D eigenvalue weighted by Crippen LogP contribution is -2.64. The Balaban J connectivity index is 2.43. The zero-order chi connectivity index (χ0) is 45.7. The van der Waals surface area contributed by atoms with Crippen LogP contribution in [0.5, 0.6) is 0 Å². The molecular weight excluding hydrogens is 810 g/mol. The Morgan fingerprint density at radius 3 is 1.23 bits per heavy atom. The number of allylic oxidation sites excluding steroid dienone is 1. The molecule has 0 aromatic heterocycles. The summed E-state index contributed by atoms with van der Waals surface area (Å²) in [6, 6.07) is -1.11. The highest BCUT2D eigenvalue weighted by atomic mass is 31.2. The monoisotopic (exact) mass is 906 g/mol. The summed E-state index contributed by atoms with van der Waals surface area (Å²) in [6.45, 7) is 3.87. The highest BCUT2D eigenvalue weighted by Crippen LogP contribution is 2.47. The number of hydrogen-bond acceptors (Lipinski definition) is 10. The molecular formula is C49H96NO11P. The van der Waals surface area contributed by atoms with Crippen LogP contribution < -0.4 is 5.32 Å². The number of nitrogens with one attached hydrogen (secondary N) is 1. The van der Waals surface area contributed by atoms with Crippen LogP contribution in [-0.2, 0) is 18.4 Å². The highest BCUT2D eigenvalue weighted by molar-refractivity contribution is 7.47. The fourth-order valence-corrected chi connectivity index (χ4v) is 9.34. The number of aliphatic hydroxyl groups excluding tert-OH is 6. The van der Waals surface area contributed by atoms with Gasteiger partial charge in [0, 0.05) is 6.42 Å². The summed E-state index contributed by atoms with van der Waals surface area (Å²) in [7, 11) is -5.08. The van der Waals surface area contributed by atoms with Crippen molar-refractivity contribution in [3.63, 3.8) is 0 Å². The van der Waals surface area contributed by atoms with Gasteiger partial charge in [-0.1, -0.05) is 225 Å². The summed E-state index contributed by atoms with van der Waals surface area (Å²) in [5.74, 6) is -0.336. The maximum atomic E-state index is 13.0. The first kappa shape index (κ1) is 59.1. The van der Waals surface area contributed by atoms with Gasteiger partial charge in [0.15, 0.2) is 0 Å². The normalized spacial score (nSPS) is 22.5. The number of carbonyl (C=O) groups is 1. The van der Waals surface area contributed by atoms with E-state index in [4.69, 9.17) is 9.05 Å². The van der Waals surface area contributed by atoms with Gasteiger partial charge in [-0.25, -0.2) is 4.57 Å². The van der Waals surface area contributed by atoms with E-state index in [-0.39, 0.29) is 12.3 Å². The molecule has 0 saturated heterocycles. The zero-order valence-corrected chi connectivity index (χ0v) is 40.3. The maximum absolute atomic E-state index is 13.0. The predicted molar refractivity (Wildman–Crippen MR) is 251 cm³/mol. The SMILES string of the molecule is CCCCCCCCCCCCCCCC/C=C/[C@@H](O)[C@H](COP(=O)(O)OC1C(O)C(O)C(O)[C@@H](O)C1O)NC(=O)CCCCCCCCCCCCCCCCCCCCC. The van der Waals surface area contributed by atoms with Gasteiger partial charge in [0.25, 0.3) is 0 Å². The van der Waals surface area contributed by atoms with Gasteiger partial charge < -0.3 is 40.8 Å². The van der Waals surface area contributed by atoms with Crippen LogP contribution in [0.1, 0.15) is 239 Å². The first-order chi connectivity index (χ1) is 29.9. The van der Waals surface area contributed by atoms with Gasteiger partial charge >= 0.3 is 7.82 Å². The topological polar surface area (TPSA) is 206 Å². The number of carbonyl (C=O) groups excluding carboxylic acids is 1. The lowest BCUT2D eigenvalue weighted by Gasteiger charge is -2.41. The van der Waals surface area contributed by atoms with Crippen LogP contribution in [0.3, 0.4) is 0 Å². The molecule has 0 aromatic carbocycles. The molecule has 1 aliphatic rings. The molecule has 0 spiro atoms. The third-order valence-corrected chi connectivity index (χ3v) is 13.6. The van der Waals surface area contributed by atoms with Crippen molar-refractivity contribution in [3.8, 4) is 0 Å². The molecule has 13 heteroatoms. The molecule has 1 aliphatic carbocycles. The largest absolute Gasteiger partial charge is 0.472 e. The number of hydrogen-bond donors (Lipinski definition) is 8. The molecule has 9 atom stereocenters. The smallest absolute Gasteiger partial charge is 0.387 e. The summed E-state index contributed by atoms with van der Waals surface area (Å²) in [6.07, 6.45) is 32.8. The molecule has 1 rings (SSSR count). The maximum Gasteiger partial charge on any atom is 0.472 e. The molecule has 0 aromatic rings. The molecule has 0 radical (unpaired) electrons. The molecule has 1 fully saturated rings. The van der Waals surface area contributed by atoms with Crippen molar-refractivity contribution in [1.29, 1.82) is 0 Å². The second-order valence-electron chi connectivity index (χ2n) is 18.4. The van der Waals surface area contributed by atoms with Crippen LogP contribution in [0.2, 0.25) is 0 Å². The Morgan fingerprint density at radius 1 is 0.532 bits per heavy atom. The molecule has 0 aliphatic heterocycles. The average Bonchev–Trinajstić information content (AvgIpc) is 3.25. The second-order valence-corrected chi connectivity index (χ2v) is 19.8. The lowest BCUT2D eigenvalue weighted by atomic mass is 9.85. The fourth-order valence-electron chi connectivity index (χ4n) is 8.38. The standard InChI is InChI=1S/C49H96NO11P/c1-3-5-7-9-11-13-15-17-19-21-22-23-25-27-29-31-33-35-37-39-43(52)50-41(40-60-62(58,59)61-49-47(56)45(54)44(53)46(55)48(49)57)42(51)38-36-34-32-30-28-26-24-20-18-16-14-12-10-8-6-4-2/h36,38,41-42,44-49,51,53-57H,3-35,37,39-40H2,1-2H3,(H,50,52)(H,58,59)/b38-36+/t41-,42+,44?,45+,46?,47?,48?,49?/m0/s1. The number of amides is 1. The molecule has 0 heterocycles. The predicted octanol–water partition coefficient (Wildman–Crippen LogP) is 10.4. The number of phosphoric ester groups is 1. The molecule has 0 bridgehead atoms. The molecule has 368 valence electrons. The third kappa shape index (κ3) is 30.3. The van der Waals surface area contributed by atoms with E-state index < -0.39 is 63.2 Å². The van der Waals surface area contributed by atoms with Crippen LogP contribution in [0, 0.1) is 0 Å². The first-order valence-corrected chi connectivity index (χ1v) is 27.1. The van der Waals surface area contributed by atoms with Crippen molar-refractivity contribution < 1.29 is 53.9 Å². The average molecular weight is 906 g/mol. The first-order valence-electron chi connectivity index (χ1n) is 25.6. The summed E-state index contributed by atoms with van der Waals surface area (Å²) < 4.78 is 23.0. The van der Waals surface area contributed by atoms with Crippen molar-refractivity contribution >= 4 is 13.7 Å². The Labute approximate surface area is 378 Å². The molecule has 1 saturated carbocycles. The number of rotatable bonds is 43. The third-order valence-electron chi connectivity index (χ3n) is 12.6.